The van der Waals surface area contributed by atoms with Gasteiger partial charge in [-0.05, 0) is 54.7 Å². The van der Waals surface area contributed by atoms with Crippen molar-refractivity contribution in [3.05, 3.63) is 81.7 Å². The second-order valence-electron chi connectivity index (χ2n) is 10.6. The van der Waals surface area contributed by atoms with Crippen LogP contribution < -0.4 is 16.4 Å². The summed E-state index contributed by atoms with van der Waals surface area (Å²) in [6.07, 6.45) is 3.87. The molecule has 4 N–H and O–H groups in total. The number of carbonyl (C=O) groups is 3. The minimum absolute atomic E-state index is 0.128. The Kier molecular flexibility index (Phi) is 11.1. The number of fused-ring (bicyclic) bond motifs is 1. The van der Waals surface area contributed by atoms with E-state index in [1.165, 1.54) is 45.5 Å². The number of imide groups is 1. The van der Waals surface area contributed by atoms with Gasteiger partial charge in [0.2, 0.25) is 10.0 Å². The van der Waals surface area contributed by atoms with Crippen molar-refractivity contribution in [3.63, 3.8) is 0 Å². The third kappa shape index (κ3) is 8.08. The summed E-state index contributed by atoms with van der Waals surface area (Å²) in [5.41, 5.74) is 7.66. The number of anilines is 1. The molecule has 0 bridgehead atoms. The molecule has 0 radical (unpaired) electrons. The lowest BCUT2D eigenvalue weighted by molar-refractivity contribution is 0.0965. The van der Waals surface area contributed by atoms with Gasteiger partial charge in [-0.3, -0.25) is 19.8 Å². The Morgan fingerprint density at radius 1 is 0.953 bits per heavy atom. The molecule has 10 nitrogen and oxygen atoms in total. The molecule has 43 heavy (non-hydrogen) atoms. The predicted molar refractivity (Wildman–Crippen MR) is 169 cm³/mol. The number of carbonyl (C=O) groups excluding carboxylic acids is 3. The lowest BCUT2D eigenvalue weighted by Crippen LogP contribution is -2.36. The van der Waals surface area contributed by atoms with E-state index in [4.69, 9.17) is 5.73 Å². The average Bonchev–Trinajstić information content (AvgIpc) is 3.34. The van der Waals surface area contributed by atoms with Gasteiger partial charge >= 0.3 is 6.03 Å². The second-order valence-corrected chi connectivity index (χ2v) is 13.6. The molecule has 0 aliphatic carbocycles. The summed E-state index contributed by atoms with van der Waals surface area (Å²) in [6, 6.07) is 14.9. The van der Waals surface area contributed by atoms with Gasteiger partial charge in [-0.15, -0.1) is 11.3 Å². The van der Waals surface area contributed by atoms with Crippen molar-refractivity contribution in [1.29, 1.82) is 0 Å². The predicted octanol–water partition coefficient (Wildman–Crippen LogP) is 4.96. The first kappa shape index (κ1) is 32.3. The number of nitrogens with two attached hydrogens (primary N) is 1. The molecule has 0 saturated carbocycles. The van der Waals surface area contributed by atoms with Crippen LogP contribution in [0.2, 0.25) is 0 Å². The number of primary amides is 1. The first-order valence-corrected chi connectivity index (χ1v) is 16.8. The molecular weight excluding hydrogens is 587 g/mol. The second kappa shape index (κ2) is 14.7. The van der Waals surface area contributed by atoms with Gasteiger partial charge in [0.25, 0.3) is 11.8 Å². The summed E-state index contributed by atoms with van der Waals surface area (Å²) in [5, 5.41) is 5.28. The van der Waals surface area contributed by atoms with Crippen molar-refractivity contribution >= 4 is 44.2 Å². The molecule has 1 aliphatic heterocycles. The molecule has 0 fully saturated rings. The Hall–Kier alpha value is -3.58. The van der Waals surface area contributed by atoms with Gasteiger partial charge in [0.1, 0.15) is 5.00 Å². The fourth-order valence-electron chi connectivity index (χ4n) is 5.06. The van der Waals surface area contributed by atoms with E-state index in [0.29, 0.717) is 37.6 Å². The van der Waals surface area contributed by atoms with E-state index in [1.807, 2.05) is 32.0 Å². The van der Waals surface area contributed by atoms with E-state index >= 15 is 0 Å². The minimum Gasteiger partial charge on any atom is -0.351 e. The molecule has 3 aromatic rings. The first-order valence-electron chi connectivity index (χ1n) is 14.6. The van der Waals surface area contributed by atoms with E-state index in [9.17, 15) is 22.8 Å². The van der Waals surface area contributed by atoms with Crippen LogP contribution in [-0.4, -0.2) is 55.1 Å². The number of sulfonamides is 1. The third-order valence-corrected chi connectivity index (χ3v) is 10.4. The van der Waals surface area contributed by atoms with Crippen LogP contribution >= 0.6 is 11.3 Å². The Balaban J connectivity index is 1.55. The van der Waals surface area contributed by atoms with Gasteiger partial charge in [-0.1, -0.05) is 57.0 Å². The van der Waals surface area contributed by atoms with Gasteiger partial charge in [0.15, 0.2) is 0 Å². The summed E-state index contributed by atoms with van der Waals surface area (Å²) in [5.74, 6) is -1.16. The molecule has 4 rings (SSSR count). The lowest BCUT2D eigenvalue weighted by atomic mass is 10.0. The number of hydrogen-bond acceptors (Lipinski definition) is 7. The molecule has 0 unspecified atom stereocenters. The van der Waals surface area contributed by atoms with Gasteiger partial charge < -0.3 is 11.1 Å². The molecule has 2 heterocycles. The van der Waals surface area contributed by atoms with E-state index in [1.54, 1.807) is 0 Å². The number of nitrogens with zero attached hydrogens (tertiary/aromatic N) is 2. The van der Waals surface area contributed by atoms with Crippen molar-refractivity contribution in [2.75, 3.05) is 25.0 Å². The number of urea groups is 1. The van der Waals surface area contributed by atoms with E-state index < -0.39 is 27.9 Å². The zero-order valence-corrected chi connectivity index (χ0v) is 26.2. The van der Waals surface area contributed by atoms with Gasteiger partial charge in [0, 0.05) is 43.2 Å². The van der Waals surface area contributed by atoms with Crippen molar-refractivity contribution in [2.45, 2.75) is 63.9 Å². The molecule has 0 spiro atoms. The SMILES string of the molecule is CCCCN(CCCC)S(=O)(=O)c1ccc(C(=O)Nc2sc3c(c2C(=O)NC(N)=O)CCN(Cc2ccccc2)C3)cc1. The van der Waals surface area contributed by atoms with E-state index in [2.05, 4.69) is 27.7 Å². The summed E-state index contributed by atoms with van der Waals surface area (Å²) in [7, 11) is -3.70. The van der Waals surface area contributed by atoms with Gasteiger partial charge in [-0.2, -0.15) is 4.31 Å². The number of benzene rings is 2. The normalized spacial score (nSPS) is 13.5. The maximum absolute atomic E-state index is 13.3. The Bertz CT molecular complexity index is 1530. The maximum atomic E-state index is 13.3. The van der Waals surface area contributed by atoms with Gasteiger partial charge in [-0.25, -0.2) is 13.2 Å². The molecular formula is C31H39N5O5S2. The van der Waals surface area contributed by atoms with Crippen LogP contribution in [0, 0.1) is 0 Å². The first-order chi connectivity index (χ1) is 20.6. The van der Waals surface area contributed by atoms with Crippen LogP contribution in [0.25, 0.3) is 0 Å². The standard InChI is InChI=1S/C31H39N5O5S2/c1-3-5-17-36(18-6-4-2)43(40,41)24-14-12-23(13-15-24)28(37)33-30-27(29(38)34-31(32)39)25-16-19-35(21-26(25)42-30)20-22-10-8-7-9-11-22/h7-15H,3-6,16-21H2,1-2H3,(H,33,37)(H3,32,34,38,39). The topological polar surface area (TPSA) is 142 Å². The summed E-state index contributed by atoms with van der Waals surface area (Å²) in [4.78, 5) is 41.2. The molecule has 1 aromatic heterocycles. The highest BCUT2D eigenvalue weighted by Gasteiger charge is 2.30. The molecule has 2 aromatic carbocycles. The van der Waals surface area contributed by atoms with Crippen LogP contribution in [0.5, 0.6) is 0 Å². The molecule has 230 valence electrons. The highest BCUT2D eigenvalue weighted by Crippen LogP contribution is 2.38. The van der Waals surface area contributed by atoms with Crippen molar-refractivity contribution in [1.82, 2.24) is 14.5 Å². The fourth-order valence-corrected chi connectivity index (χ4v) is 7.86. The van der Waals surface area contributed by atoms with Crippen molar-refractivity contribution in [3.8, 4) is 0 Å². The Labute approximate surface area is 257 Å². The van der Waals surface area contributed by atoms with Crippen LogP contribution in [-0.2, 0) is 29.5 Å². The largest absolute Gasteiger partial charge is 0.351 e. The molecule has 4 amide bonds. The van der Waals surface area contributed by atoms with Crippen LogP contribution in [0.15, 0.2) is 59.5 Å². The fraction of sp³-hybridized carbons (Fsp3) is 0.387. The van der Waals surface area contributed by atoms with Crippen molar-refractivity contribution in [2.24, 2.45) is 5.73 Å². The van der Waals surface area contributed by atoms with Crippen LogP contribution in [0.3, 0.4) is 0 Å². The van der Waals surface area contributed by atoms with E-state index in [-0.39, 0.29) is 16.0 Å². The highest BCUT2D eigenvalue weighted by atomic mass is 32.2. The van der Waals surface area contributed by atoms with Crippen molar-refractivity contribution < 1.29 is 22.8 Å². The van der Waals surface area contributed by atoms with Crippen LogP contribution in [0.1, 0.15) is 76.3 Å². The van der Waals surface area contributed by atoms with Gasteiger partial charge in [0.05, 0.1) is 10.5 Å². The monoisotopic (exact) mass is 625 g/mol. The molecule has 12 heteroatoms. The lowest BCUT2D eigenvalue weighted by Gasteiger charge is -2.27. The zero-order chi connectivity index (χ0) is 31.0. The number of nitrogens with one attached hydrogen (secondary N) is 2. The molecule has 0 atom stereocenters. The smallest absolute Gasteiger partial charge is 0.319 e. The molecule has 0 saturated heterocycles. The minimum atomic E-state index is -3.70. The highest BCUT2D eigenvalue weighted by molar-refractivity contribution is 7.89. The third-order valence-electron chi connectivity index (χ3n) is 7.35. The quantitative estimate of drug-likeness (QED) is 0.245. The van der Waals surface area contributed by atoms with E-state index in [0.717, 1.165) is 42.7 Å². The Morgan fingerprint density at radius 3 is 2.21 bits per heavy atom. The summed E-state index contributed by atoms with van der Waals surface area (Å²) in [6.45, 7) is 6.96. The number of rotatable bonds is 13. The molecule has 1 aliphatic rings. The summed E-state index contributed by atoms with van der Waals surface area (Å²) < 4.78 is 28.1. The average molecular weight is 626 g/mol. The van der Waals surface area contributed by atoms with Crippen LogP contribution in [0.4, 0.5) is 9.80 Å². The maximum Gasteiger partial charge on any atom is 0.319 e. The number of amides is 4. The summed E-state index contributed by atoms with van der Waals surface area (Å²) >= 11 is 1.29. The Morgan fingerprint density at radius 2 is 1.60 bits per heavy atom. The number of thiophene rings is 1. The number of unbranched alkanes of at least 4 members (excludes halogenated alkanes) is 2. The number of hydrogen-bond donors (Lipinski definition) is 3. The zero-order valence-electron chi connectivity index (χ0n) is 24.6.